The Labute approximate surface area is 132 Å². The molecular formula is C20H24FN. The second kappa shape index (κ2) is 6.65. The van der Waals surface area contributed by atoms with Crippen LogP contribution in [-0.2, 0) is 0 Å². The minimum atomic E-state index is -0.362. The van der Waals surface area contributed by atoms with Crippen molar-refractivity contribution in [3.05, 3.63) is 47.3 Å². The van der Waals surface area contributed by atoms with Crippen LogP contribution in [0.5, 0.6) is 0 Å². The van der Waals surface area contributed by atoms with Gasteiger partial charge in [-0.3, -0.25) is 0 Å². The molecule has 0 bridgehead atoms. The molecule has 4 atom stereocenters. The Balaban J connectivity index is 1.68. The van der Waals surface area contributed by atoms with Gasteiger partial charge in [0.15, 0.2) is 0 Å². The molecule has 0 N–H and O–H groups in total. The van der Waals surface area contributed by atoms with Crippen molar-refractivity contribution in [2.45, 2.75) is 51.4 Å². The number of benzene rings is 1. The fourth-order valence-corrected chi connectivity index (χ4v) is 4.55. The normalized spacial score (nSPS) is 31.7. The molecule has 2 aliphatic carbocycles. The second-order valence-corrected chi connectivity index (χ2v) is 6.98. The van der Waals surface area contributed by atoms with E-state index < -0.39 is 0 Å². The van der Waals surface area contributed by atoms with E-state index in [0.29, 0.717) is 5.92 Å². The molecule has 2 saturated carbocycles. The molecule has 1 aromatic rings. The monoisotopic (exact) mass is 297 g/mol. The van der Waals surface area contributed by atoms with E-state index >= 15 is 0 Å². The Morgan fingerprint density at radius 1 is 1.14 bits per heavy atom. The third-order valence-electron chi connectivity index (χ3n) is 5.70. The number of hydrogen-bond acceptors (Lipinski definition) is 1. The SMILES string of the molecule is C/C=C/C1CCC2CC(c3ccc(C#N)c(F)c3)CCC2C1. The summed E-state index contributed by atoms with van der Waals surface area (Å²) in [7, 11) is 0. The minimum absolute atomic E-state index is 0.157. The van der Waals surface area contributed by atoms with E-state index in [2.05, 4.69) is 19.1 Å². The molecule has 2 aliphatic rings. The zero-order valence-corrected chi connectivity index (χ0v) is 13.3. The van der Waals surface area contributed by atoms with Crippen LogP contribution in [0.4, 0.5) is 4.39 Å². The van der Waals surface area contributed by atoms with Gasteiger partial charge < -0.3 is 0 Å². The van der Waals surface area contributed by atoms with Crippen molar-refractivity contribution in [1.82, 2.24) is 0 Å². The Hall–Kier alpha value is -1.62. The third kappa shape index (κ3) is 3.09. The van der Waals surface area contributed by atoms with Crippen molar-refractivity contribution < 1.29 is 4.39 Å². The van der Waals surface area contributed by atoms with Gasteiger partial charge in [0.2, 0.25) is 0 Å². The van der Waals surface area contributed by atoms with Gasteiger partial charge in [0.1, 0.15) is 11.9 Å². The Bertz CT molecular complexity index is 598. The summed E-state index contributed by atoms with van der Waals surface area (Å²) in [5.41, 5.74) is 1.25. The predicted octanol–water partition coefficient (Wildman–Crippen LogP) is 5.57. The van der Waals surface area contributed by atoms with E-state index in [9.17, 15) is 4.39 Å². The number of allylic oxidation sites excluding steroid dienone is 2. The van der Waals surface area contributed by atoms with Gasteiger partial charge in [0, 0.05) is 0 Å². The van der Waals surface area contributed by atoms with Crippen LogP contribution in [0.1, 0.15) is 62.5 Å². The van der Waals surface area contributed by atoms with Gasteiger partial charge in [-0.1, -0.05) is 18.2 Å². The summed E-state index contributed by atoms with van der Waals surface area (Å²) in [6.45, 7) is 2.11. The number of halogens is 1. The van der Waals surface area contributed by atoms with Crippen LogP contribution in [-0.4, -0.2) is 0 Å². The molecule has 2 fully saturated rings. The largest absolute Gasteiger partial charge is 0.206 e. The van der Waals surface area contributed by atoms with Gasteiger partial charge in [-0.25, -0.2) is 4.39 Å². The zero-order chi connectivity index (χ0) is 15.5. The van der Waals surface area contributed by atoms with Gasteiger partial charge in [0.05, 0.1) is 5.56 Å². The Morgan fingerprint density at radius 2 is 1.91 bits per heavy atom. The van der Waals surface area contributed by atoms with Gasteiger partial charge in [-0.2, -0.15) is 5.26 Å². The Kier molecular flexibility index (Phi) is 4.62. The lowest BCUT2D eigenvalue weighted by Crippen LogP contribution is -2.30. The number of fused-ring (bicyclic) bond motifs is 1. The van der Waals surface area contributed by atoms with Crippen LogP contribution < -0.4 is 0 Å². The number of nitriles is 1. The van der Waals surface area contributed by atoms with Crippen LogP contribution in [0.2, 0.25) is 0 Å². The summed E-state index contributed by atoms with van der Waals surface area (Å²) >= 11 is 0. The van der Waals surface area contributed by atoms with Crippen LogP contribution in [0.25, 0.3) is 0 Å². The highest BCUT2D eigenvalue weighted by atomic mass is 19.1. The molecule has 2 heteroatoms. The maximum atomic E-state index is 13.8. The molecule has 0 saturated heterocycles. The molecule has 1 nitrogen and oxygen atoms in total. The maximum absolute atomic E-state index is 13.8. The number of rotatable bonds is 2. The summed E-state index contributed by atoms with van der Waals surface area (Å²) in [5.74, 6) is 2.55. The highest BCUT2D eigenvalue weighted by molar-refractivity contribution is 5.35. The second-order valence-electron chi connectivity index (χ2n) is 6.98. The summed E-state index contributed by atoms with van der Waals surface area (Å²) in [6.07, 6.45) is 12.1. The highest BCUT2D eigenvalue weighted by Gasteiger charge is 2.35. The van der Waals surface area contributed by atoms with E-state index in [4.69, 9.17) is 5.26 Å². The first-order chi connectivity index (χ1) is 10.7. The molecule has 22 heavy (non-hydrogen) atoms. The minimum Gasteiger partial charge on any atom is -0.206 e. The van der Waals surface area contributed by atoms with Crippen LogP contribution in [0.3, 0.4) is 0 Å². The molecule has 0 radical (unpaired) electrons. The summed E-state index contributed by atoms with van der Waals surface area (Å²) in [6, 6.07) is 7.09. The molecule has 0 spiro atoms. The molecule has 116 valence electrons. The lowest BCUT2D eigenvalue weighted by atomic mass is 9.64. The molecule has 0 aromatic heterocycles. The van der Waals surface area contributed by atoms with Crippen molar-refractivity contribution in [2.24, 2.45) is 17.8 Å². The van der Waals surface area contributed by atoms with E-state index in [1.165, 1.54) is 32.1 Å². The average Bonchev–Trinajstić information content (AvgIpc) is 2.54. The molecule has 0 heterocycles. The van der Waals surface area contributed by atoms with Crippen molar-refractivity contribution in [1.29, 1.82) is 5.26 Å². The van der Waals surface area contributed by atoms with E-state index in [1.54, 1.807) is 12.1 Å². The average molecular weight is 297 g/mol. The lowest BCUT2D eigenvalue weighted by molar-refractivity contribution is 0.133. The lowest BCUT2D eigenvalue weighted by Gasteiger charge is -2.41. The third-order valence-corrected chi connectivity index (χ3v) is 5.70. The molecule has 4 unspecified atom stereocenters. The van der Waals surface area contributed by atoms with Crippen LogP contribution >= 0.6 is 0 Å². The standard InChI is InChI=1S/C20H24FN/c1-2-3-14-4-5-16-11-17(7-6-15(16)10-14)18-8-9-19(13-22)20(21)12-18/h2-3,8-9,12,14-17H,4-7,10-11H2,1H3/b3-2+. The number of nitrogens with zero attached hydrogens (tertiary/aromatic N) is 1. The fourth-order valence-electron chi connectivity index (χ4n) is 4.55. The fraction of sp³-hybridized carbons (Fsp3) is 0.550. The van der Waals surface area contributed by atoms with Gasteiger partial charge >= 0.3 is 0 Å². The smallest absolute Gasteiger partial charge is 0.141 e. The zero-order valence-electron chi connectivity index (χ0n) is 13.3. The first kappa shape index (κ1) is 15.3. The topological polar surface area (TPSA) is 23.8 Å². The highest BCUT2D eigenvalue weighted by Crippen LogP contribution is 2.47. The summed E-state index contributed by atoms with van der Waals surface area (Å²) in [4.78, 5) is 0. The first-order valence-corrected chi connectivity index (χ1v) is 8.53. The van der Waals surface area contributed by atoms with Gasteiger partial charge in [-0.05, 0) is 86.8 Å². The first-order valence-electron chi connectivity index (χ1n) is 8.53. The molecular weight excluding hydrogens is 273 g/mol. The molecule has 1 aromatic carbocycles. The quantitative estimate of drug-likeness (QED) is 0.654. The predicted molar refractivity (Wildman–Crippen MR) is 86.8 cm³/mol. The molecule has 3 rings (SSSR count). The van der Waals surface area contributed by atoms with Crippen LogP contribution in [0.15, 0.2) is 30.4 Å². The Morgan fingerprint density at radius 3 is 2.64 bits per heavy atom. The molecule has 0 amide bonds. The number of hydrogen-bond donors (Lipinski definition) is 0. The molecule has 0 aliphatic heterocycles. The maximum Gasteiger partial charge on any atom is 0.141 e. The van der Waals surface area contributed by atoms with Crippen molar-refractivity contribution in [3.63, 3.8) is 0 Å². The summed E-state index contributed by atoms with van der Waals surface area (Å²) < 4.78 is 13.8. The van der Waals surface area contributed by atoms with Crippen molar-refractivity contribution in [3.8, 4) is 6.07 Å². The van der Waals surface area contributed by atoms with E-state index in [0.717, 1.165) is 29.7 Å². The van der Waals surface area contributed by atoms with Gasteiger partial charge in [0.25, 0.3) is 0 Å². The van der Waals surface area contributed by atoms with Gasteiger partial charge in [-0.15, -0.1) is 0 Å². The van der Waals surface area contributed by atoms with Crippen molar-refractivity contribution >= 4 is 0 Å². The van der Waals surface area contributed by atoms with Crippen LogP contribution in [0, 0.1) is 34.9 Å². The van der Waals surface area contributed by atoms with Crippen molar-refractivity contribution in [2.75, 3.05) is 0 Å². The summed E-state index contributed by atoms with van der Waals surface area (Å²) in [5, 5.41) is 8.85. The van der Waals surface area contributed by atoms with E-state index in [-0.39, 0.29) is 11.4 Å². The van der Waals surface area contributed by atoms with E-state index in [1.807, 2.05) is 12.1 Å².